The Kier molecular flexibility index (Phi) is 6.00. The molecule has 126 valence electrons. The minimum Gasteiger partial charge on any atom is -0.338 e. The summed E-state index contributed by atoms with van der Waals surface area (Å²) in [5.41, 5.74) is 0.778. The van der Waals surface area contributed by atoms with Gasteiger partial charge in [-0.25, -0.2) is 4.39 Å². The first-order valence-corrected chi connectivity index (χ1v) is 8.55. The summed E-state index contributed by atoms with van der Waals surface area (Å²) < 4.78 is 14.8. The number of amides is 1. The maximum Gasteiger partial charge on any atom is 0.264 e. The largest absolute Gasteiger partial charge is 0.338 e. The van der Waals surface area contributed by atoms with Gasteiger partial charge in [0.2, 0.25) is 0 Å². The van der Waals surface area contributed by atoms with Gasteiger partial charge >= 0.3 is 0 Å². The Morgan fingerprint density at radius 1 is 1.39 bits per heavy atom. The molecule has 3 nitrogen and oxygen atoms in total. The third-order valence-corrected chi connectivity index (χ3v) is 5.74. The van der Waals surface area contributed by atoms with E-state index in [4.69, 9.17) is 0 Å². The SMILES string of the molecule is CNCC1CCN(C(=O)c2sc3cccc(F)c3c2C)CC1.Cl. The first kappa shape index (κ1) is 18.2. The summed E-state index contributed by atoms with van der Waals surface area (Å²) in [5, 5.41) is 3.80. The number of hydrogen-bond acceptors (Lipinski definition) is 3. The highest BCUT2D eigenvalue weighted by Gasteiger charge is 2.26. The molecule has 0 radical (unpaired) electrons. The van der Waals surface area contributed by atoms with Crippen LogP contribution in [0.5, 0.6) is 0 Å². The number of aryl methyl sites for hydroxylation is 1. The van der Waals surface area contributed by atoms with E-state index in [9.17, 15) is 9.18 Å². The minimum absolute atomic E-state index is 0. The van der Waals surface area contributed by atoms with Crippen LogP contribution in [-0.4, -0.2) is 37.5 Å². The number of benzene rings is 1. The predicted molar refractivity (Wildman–Crippen MR) is 96.3 cm³/mol. The van der Waals surface area contributed by atoms with Crippen molar-refractivity contribution < 1.29 is 9.18 Å². The molecule has 1 aliphatic rings. The number of halogens is 2. The molecule has 23 heavy (non-hydrogen) atoms. The van der Waals surface area contributed by atoms with Gasteiger partial charge in [-0.15, -0.1) is 23.7 Å². The Balaban J connectivity index is 0.00000192. The van der Waals surface area contributed by atoms with E-state index in [1.807, 2.05) is 24.9 Å². The first-order valence-electron chi connectivity index (χ1n) is 7.73. The number of fused-ring (bicyclic) bond motifs is 1. The molecule has 2 aromatic rings. The summed E-state index contributed by atoms with van der Waals surface area (Å²) in [6.07, 6.45) is 2.07. The van der Waals surface area contributed by atoms with Crippen LogP contribution in [0.1, 0.15) is 28.1 Å². The quantitative estimate of drug-likeness (QED) is 0.906. The van der Waals surface area contributed by atoms with Crippen molar-refractivity contribution >= 4 is 39.7 Å². The van der Waals surface area contributed by atoms with Crippen LogP contribution in [0.4, 0.5) is 4.39 Å². The third-order valence-electron chi connectivity index (χ3n) is 4.49. The summed E-state index contributed by atoms with van der Waals surface area (Å²) in [4.78, 5) is 15.4. The van der Waals surface area contributed by atoms with Crippen LogP contribution in [0.15, 0.2) is 18.2 Å². The number of piperidine rings is 1. The number of thiophene rings is 1. The molecule has 0 bridgehead atoms. The zero-order chi connectivity index (χ0) is 15.7. The van der Waals surface area contributed by atoms with Crippen molar-refractivity contribution in [2.45, 2.75) is 19.8 Å². The molecule has 1 saturated heterocycles. The second-order valence-electron chi connectivity index (χ2n) is 5.96. The lowest BCUT2D eigenvalue weighted by Gasteiger charge is -2.31. The fourth-order valence-corrected chi connectivity index (χ4v) is 4.42. The van der Waals surface area contributed by atoms with E-state index < -0.39 is 0 Å². The number of nitrogens with zero attached hydrogens (tertiary/aromatic N) is 1. The molecule has 3 rings (SSSR count). The molecule has 1 aliphatic heterocycles. The Hall–Kier alpha value is -1.17. The van der Waals surface area contributed by atoms with Crippen LogP contribution in [0.3, 0.4) is 0 Å². The lowest BCUT2D eigenvalue weighted by Crippen LogP contribution is -2.40. The van der Waals surface area contributed by atoms with Crippen molar-refractivity contribution in [3.63, 3.8) is 0 Å². The molecule has 1 aromatic heterocycles. The molecular formula is C17H22ClFN2OS. The van der Waals surface area contributed by atoms with Gasteiger partial charge in [0.15, 0.2) is 0 Å². The lowest BCUT2D eigenvalue weighted by molar-refractivity contribution is 0.0695. The smallest absolute Gasteiger partial charge is 0.264 e. The van der Waals surface area contributed by atoms with E-state index in [0.29, 0.717) is 16.2 Å². The van der Waals surface area contributed by atoms with Crippen LogP contribution in [-0.2, 0) is 0 Å². The number of carbonyl (C=O) groups excluding carboxylic acids is 1. The number of likely N-dealkylation sites (tertiary alicyclic amines) is 1. The second kappa shape index (κ2) is 7.60. The Bertz CT molecular complexity index is 695. The van der Waals surface area contributed by atoms with Crippen molar-refractivity contribution in [3.05, 3.63) is 34.5 Å². The van der Waals surface area contributed by atoms with Gasteiger partial charge in [-0.1, -0.05) is 6.07 Å². The number of hydrogen-bond donors (Lipinski definition) is 1. The van der Waals surface area contributed by atoms with Crippen molar-refractivity contribution in [2.75, 3.05) is 26.7 Å². The van der Waals surface area contributed by atoms with Crippen molar-refractivity contribution in [2.24, 2.45) is 5.92 Å². The molecule has 0 spiro atoms. The standard InChI is InChI=1S/C17H21FN2OS.ClH/c1-11-15-13(18)4-3-5-14(15)22-16(11)17(21)20-8-6-12(7-9-20)10-19-2;/h3-5,12,19H,6-10H2,1-2H3;1H. The zero-order valence-corrected chi connectivity index (χ0v) is 15.0. The normalized spacial score (nSPS) is 15.7. The summed E-state index contributed by atoms with van der Waals surface area (Å²) >= 11 is 1.41. The van der Waals surface area contributed by atoms with Gasteiger partial charge < -0.3 is 10.2 Å². The van der Waals surface area contributed by atoms with Crippen molar-refractivity contribution in [1.29, 1.82) is 0 Å². The first-order chi connectivity index (χ1) is 10.6. The monoisotopic (exact) mass is 356 g/mol. The molecule has 1 fully saturated rings. The highest BCUT2D eigenvalue weighted by atomic mass is 35.5. The van der Waals surface area contributed by atoms with Gasteiger partial charge in [0.1, 0.15) is 5.82 Å². The number of rotatable bonds is 3. The zero-order valence-electron chi connectivity index (χ0n) is 13.4. The van der Waals surface area contributed by atoms with Gasteiger partial charge in [0.05, 0.1) is 4.88 Å². The second-order valence-corrected chi connectivity index (χ2v) is 7.01. The number of nitrogens with one attached hydrogen (secondary N) is 1. The van der Waals surface area contributed by atoms with Crippen LogP contribution >= 0.6 is 23.7 Å². The molecule has 0 saturated carbocycles. The van der Waals surface area contributed by atoms with E-state index in [2.05, 4.69) is 5.32 Å². The lowest BCUT2D eigenvalue weighted by atomic mass is 9.96. The average Bonchev–Trinajstić information content (AvgIpc) is 2.86. The van der Waals surface area contributed by atoms with E-state index in [1.165, 1.54) is 17.4 Å². The maximum atomic E-state index is 14.0. The average molecular weight is 357 g/mol. The van der Waals surface area contributed by atoms with Crippen LogP contribution in [0, 0.1) is 18.7 Å². The molecule has 1 N–H and O–H groups in total. The highest BCUT2D eigenvalue weighted by molar-refractivity contribution is 7.21. The van der Waals surface area contributed by atoms with Crippen LogP contribution in [0.2, 0.25) is 0 Å². The Labute approximate surface area is 146 Å². The molecule has 0 aliphatic carbocycles. The predicted octanol–water partition coefficient (Wildman–Crippen LogP) is 3.84. The molecular weight excluding hydrogens is 335 g/mol. The summed E-state index contributed by atoms with van der Waals surface area (Å²) in [6, 6.07) is 5.04. The highest BCUT2D eigenvalue weighted by Crippen LogP contribution is 2.34. The van der Waals surface area contributed by atoms with Gasteiger partial charge in [-0.2, -0.15) is 0 Å². The van der Waals surface area contributed by atoms with Crippen LogP contribution in [0.25, 0.3) is 10.1 Å². The summed E-state index contributed by atoms with van der Waals surface area (Å²) in [6.45, 7) is 4.45. The van der Waals surface area contributed by atoms with Gasteiger partial charge in [0, 0.05) is 23.2 Å². The summed E-state index contributed by atoms with van der Waals surface area (Å²) in [7, 11) is 1.96. The van der Waals surface area contributed by atoms with E-state index in [-0.39, 0.29) is 24.1 Å². The molecule has 2 heterocycles. The minimum atomic E-state index is -0.238. The number of carbonyl (C=O) groups is 1. The molecule has 0 atom stereocenters. The van der Waals surface area contributed by atoms with E-state index in [1.54, 1.807) is 6.07 Å². The summed E-state index contributed by atoms with van der Waals surface area (Å²) in [5.74, 6) is 0.467. The molecule has 6 heteroatoms. The van der Waals surface area contributed by atoms with Gasteiger partial charge in [0.25, 0.3) is 5.91 Å². The van der Waals surface area contributed by atoms with Gasteiger partial charge in [-0.3, -0.25) is 4.79 Å². The maximum absolute atomic E-state index is 14.0. The van der Waals surface area contributed by atoms with E-state index in [0.717, 1.165) is 42.7 Å². The molecule has 1 amide bonds. The third kappa shape index (κ3) is 3.52. The molecule has 0 unspecified atom stereocenters. The van der Waals surface area contributed by atoms with Crippen LogP contribution < -0.4 is 5.32 Å². The van der Waals surface area contributed by atoms with Crippen molar-refractivity contribution in [1.82, 2.24) is 10.2 Å². The fraction of sp³-hybridized carbons (Fsp3) is 0.471. The Morgan fingerprint density at radius 2 is 2.09 bits per heavy atom. The Morgan fingerprint density at radius 3 is 2.70 bits per heavy atom. The van der Waals surface area contributed by atoms with Crippen molar-refractivity contribution in [3.8, 4) is 0 Å². The van der Waals surface area contributed by atoms with Gasteiger partial charge in [-0.05, 0) is 57.0 Å². The fourth-order valence-electron chi connectivity index (χ4n) is 3.23. The van der Waals surface area contributed by atoms with E-state index >= 15 is 0 Å². The topological polar surface area (TPSA) is 32.3 Å². The molecule has 1 aromatic carbocycles.